The highest BCUT2D eigenvalue weighted by Gasteiger charge is 2.27. The first-order valence-electron chi connectivity index (χ1n) is 7.77. The second-order valence-electron chi connectivity index (χ2n) is 6.33. The van der Waals surface area contributed by atoms with Crippen LogP contribution in [0.15, 0.2) is 34.9 Å². The topological polar surface area (TPSA) is 67.2 Å². The van der Waals surface area contributed by atoms with Gasteiger partial charge in [-0.2, -0.15) is 0 Å². The van der Waals surface area contributed by atoms with Crippen molar-refractivity contribution in [3.63, 3.8) is 0 Å². The van der Waals surface area contributed by atoms with Crippen LogP contribution in [0.3, 0.4) is 0 Å². The molecule has 1 aromatic heterocycles. The van der Waals surface area contributed by atoms with Crippen LogP contribution in [0, 0.1) is 5.41 Å². The van der Waals surface area contributed by atoms with Crippen LogP contribution in [0.25, 0.3) is 11.3 Å². The van der Waals surface area contributed by atoms with Crippen LogP contribution in [0.1, 0.15) is 30.3 Å². The Balaban J connectivity index is 1.63. The number of hydrogen-bond acceptors (Lipinski definition) is 4. The van der Waals surface area contributed by atoms with Gasteiger partial charge in [0.1, 0.15) is 0 Å². The Kier molecular flexibility index (Phi) is 4.68. The van der Waals surface area contributed by atoms with E-state index in [1.807, 2.05) is 12.1 Å². The number of nitrogens with zero attached hydrogens (tertiary/aromatic N) is 1. The standard InChI is InChI=1S/C17H20ClN3O2/c1-17(6-8-19-9-7-17)11-20-16(22)14-10-15(23-21-14)12-2-4-13(18)5-3-12/h2-5,10,19H,6-9,11H2,1H3,(H,20,22). The summed E-state index contributed by atoms with van der Waals surface area (Å²) in [6.45, 7) is 4.85. The fourth-order valence-corrected chi connectivity index (χ4v) is 2.85. The summed E-state index contributed by atoms with van der Waals surface area (Å²) >= 11 is 5.87. The third kappa shape index (κ3) is 3.92. The maximum atomic E-state index is 12.3. The van der Waals surface area contributed by atoms with Gasteiger partial charge in [-0.05, 0) is 55.6 Å². The molecular weight excluding hydrogens is 314 g/mol. The SMILES string of the molecule is CC1(CNC(=O)c2cc(-c3ccc(Cl)cc3)on2)CCNCC1. The fraction of sp³-hybridized carbons (Fsp3) is 0.412. The van der Waals surface area contributed by atoms with Crippen molar-refractivity contribution in [1.82, 2.24) is 15.8 Å². The molecule has 23 heavy (non-hydrogen) atoms. The van der Waals surface area contributed by atoms with Crippen LogP contribution < -0.4 is 10.6 Å². The molecule has 1 fully saturated rings. The van der Waals surface area contributed by atoms with Crippen molar-refractivity contribution in [2.24, 2.45) is 5.41 Å². The van der Waals surface area contributed by atoms with Gasteiger partial charge >= 0.3 is 0 Å². The first-order chi connectivity index (χ1) is 11.1. The van der Waals surface area contributed by atoms with Gasteiger partial charge < -0.3 is 15.2 Å². The van der Waals surface area contributed by atoms with E-state index in [1.54, 1.807) is 18.2 Å². The van der Waals surface area contributed by atoms with Crippen molar-refractivity contribution >= 4 is 17.5 Å². The van der Waals surface area contributed by atoms with Crippen LogP contribution in [-0.2, 0) is 0 Å². The minimum absolute atomic E-state index is 0.143. The highest BCUT2D eigenvalue weighted by molar-refractivity contribution is 6.30. The third-order valence-electron chi connectivity index (χ3n) is 4.36. The van der Waals surface area contributed by atoms with Gasteiger partial charge in [0.05, 0.1) is 0 Å². The molecule has 2 heterocycles. The molecule has 0 aliphatic carbocycles. The fourth-order valence-electron chi connectivity index (χ4n) is 2.72. The number of piperidine rings is 1. The lowest BCUT2D eigenvalue weighted by atomic mass is 9.81. The van der Waals surface area contributed by atoms with Crippen molar-refractivity contribution in [2.45, 2.75) is 19.8 Å². The largest absolute Gasteiger partial charge is 0.355 e. The van der Waals surface area contributed by atoms with Crippen LogP contribution in [0.5, 0.6) is 0 Å². The van der Waals surface area contributed by atoms with Crippen LogP contribution in [0.4, 0.5) is 0 Å². The minimum Gasteiger partial charge on any atom is -0.355 e. The quantitative estimate of drug-likeness (QED) is 0.902. The molecule has 0 bridgehead atoms. The molecule has 1 aliphatic rings. The van der Waals surface area contributed by atoms with Gasteiger partial charge in [0, 0.05) is 23.2 Å². The number of rotatable bonds is 4. The lowest BCUT2D eigenvalue weighted by molar-refractivity contribution is 0.0913. The maximum absolute atomic E-state index is 12.3. The molecule has 1 aliphatic heterocycles. The van der Waals surface area contributed by atoms with E-state index in [2.05, 4.69) is 22.7 Å². The zero-order chi connectivity index (χ0) is 16.3. The van der Waals surface area contributed by atoms with E-state index < -0.39 is 0 Å². The summed E-state index contributed by atoms with van der Waals surface area (Å²) < 4.78 is 5.26. The van der Waals surface area contributed by atoms with Crippen molar-refractivity contribution < 1.29 is 9.32 Å². The number of carbonyl (C=O) groups excluding carboxylic acids is 1. The molecule has 2 aromatic rings. The monoisotopic (exact) mass is 333 g/mol. The summed E-state index contributed by atoms with van der Waals surface area (Å²) in [5.74, 6) is 0.355. The molecule has 3 rings (SSSR count). The van der Waals surface area contributed by atoms with E-state index in [4.69, 9.17) is 16.1 Å². The Bertz CT molecular complexity index is 675. The van der Waals surface area contributed by atoms with E-state index >= 15 is 0 Å². The first-order valence-corrected chi connectivity index (χ1v) is 8.15. The molecule has 1 aromatic carbocycles. The molecule has 122 valence electrons. The zero-order valence-electron chi connectivity index (χ0n) is 13.1. The Morgan fingerprint density at radius 3 is 2.74 bits per heavy atom. The molecule has 0 saturated carbocycles. The van der Waals surface area contributed by atoms with Crippen molar-refractivity contribution in [3.05, 3.63) is 41.0 Å². The molecule has 2 N–H and O–H groups in total. The summed E-state index contributed by atoms with van der Waals surface area (Å²) in [5.41, 5.74) is 1.28. The van der Waals surface area contributed by atoms with Crippen LogP contribution in [0.2, 0.25) is 5.02 Å². The van der Waals surface area contributed by atoms with E-state index in [9.17, 15) is 4.79 Å². The lowest BCUT2D eigenvalue weighted by Gasteiger charge is -2.33. The van der Waals surface area contributed by atoms with Crippen molar-refractivity contribution in [3.8, 4) is 11.3 Å². The molecule has 1 amide bonds. The summed E-state index contributed by atoms with van der Waals surface area (Å²) in [6, 6.07) is 8.87. The van der Waals surface area contributed by atoms with Gasteiger partial charge in [0.2, 0.25) is 0 Å². The van der Waals surface area contributed by atoms with Crippen molar-refractivity contribution in [1.29, 1.82) is 0 Å². The molecular formula is C17H20ClN3O2. The van der Waals surface area contributed by atoms with Crippen molar-refractivity contribution in [2.75, 3.05) is 19.6 Å². The van der Waals surface area contributed by atoms with Gasteiger partial charge in [-0.3, -0.25) is 4.79 Å². The number of amides is 1. The van der Waals surface area contributed by atoms with Gasteiger partial charge in [0.15, 0.2) is 11.5 Å². The molecule has 0 atom stereocenters. The number of nitrogens with one attached hydrogen (secondary N) is 2. The summed E-state index contributed by atoms with van der Waals surface area (Å²) in [6.07, 6.45) is 2.12. The zero-order valence-corrected chi connectivity index (χ0v) is 13.8. The lowest BCUT2D eigenvalue weighted by Crippen LogP contribution is -2.42. The Morgan fingerprint density at radius 1 is 1.35 bits per heavy atom. The summed E-state index contributed by atoms with van der Waals surface area (Å²) in [5, 5.41) is 10.8. The van der Waals surface area contributed by atoms with Gasteiger partial charge in [0.25, 0.3) is 5.91 Å². The molecule has 0 spiro atoms. The average Bonchev–Trinajstić information content (AvgIpc) is 3.04. The molecule has 1 saturated heterocycles. The molecule has 0 radical (unpaired) electrons. The normalized spacial score (nSPS) is 17.0. The molecule has 6 heteroatoms. The van der Waals surface area contributed by atoms with Crippen LogP contribution in [-0.4, -0.2) is 30.7 Å². The van der Waals surface area contributed by atoms with E-state index in [1.165, 1.54) is 0 Å². The summed E-state index contributed by atoms with van der Waals surface area (Å²) in [7, 11) is 0. The second-order valence-corrected chi connectivity index (χ2v) is 6.76. The van der Waals surface area contributed by atoms with Crippen LogP contribution >= 0.6 is 11.6 Å². The van der Waals surface area contributed by atoms with E-state index in [0.717, 1.165) is 31.5 Å². The smallest absolute Gasteiger partial charge is 0.273 e. The number of carbonyl (C=O) groups is 1. The van der Waals surface area contributed by atoms with E-state index in [-0.39, 0.29) is 11.3 Å². The molecule has 0 unspecified atom stereocenters. The van der Waals surface area contributed by atoms with Gasteiger partial charge in [-0.25, -0.2) is 0 Å². The Morgan fingerprint density at radius 2 is 2.04 bits per heavy atom. The summed E-state index contributed by atoms with van der Waals surface area (Å²) in [4.78, 5) is 12.3. The second kappa shape index (κ2) is 6.72. The minimum atomic E-state index is -0.200. The van der Waals surface area contributed by atoms with Gasteiger partial charge in [-0.15, -0.1) is 0 Å². The predicted octanol–water partition coefficient (Wildman–Crippen LogP) is 3.11. The number of aromatic nitrogens is 1. The van der Waals surface area contributed by atoms with Gasteiger partial charge in [-0.1, -0.05) is 23.7 Å². The predicted molar refractivity (Wildman–Crippen MR) is 89.5 cm³/mol. The third-order valence-corrected chi connectivity index (χ3v) is 4.61. The highest BCUT2D eigenvalue weighted by atomic mass is 35.5. The Hall–Kier alpha value is -1.85. The average molecular weight is 334 g/mol. The number of benzene rings is 1. The van der Waals surface area contributed by atoms with E-state index in [0.29, 0.717) is 23.0 Å². The number of halogens is 1. The number of hydrogen-bond donors (Lipinski definition) is 2. The first kappa shape index (κ1) is 16.0. The Labute approximate surface area is 140 Å². The highest BCUT2D eigenvalue weighted by Crippen LogP contribution is 2.27. The molecule has 5 nitrogen and oxygen atoms in total. The maximum Gasteiger partial charge on any atom is 0.273 e.